The number of nitrogens with one attached hydrogen (secondary N) is 1. The Morgan fingerprint density at radius 1 is 1.26 bits per heavy atom. The van der Waals surface area contributed by atoms with E-state index in [-0.39, 0.29) is 11.5 Å². The summed E-state index contributed by atoms with van der Waals surface area (Å²) in [5.74, 6) is 0.379. The molecule has 1 atom stereocenters. The van der Waals surface area contributed by atoms with Crippen molar-refractivity contribution in [1.82, 2.24) is 10.3 Å². The van der Waals surface area contributed by atoms with Crippen molar-refractivity contribution >= 4 is 0 Å². The Kier molecular flexibility index (Phi) is 5.79. The molecule has 1 aromatic heterocycles. The summed E-state index contributed by atoms with van der Waals surface area (Å²) in [5, 5.41) is 3.24. The maximum absolute atomic E-state index is 12.9. The number of nitrogens with zero attached hydrogens (tertiary/aromatic N) is 1. The highest BCUT2D eigenvalue weighted by molar-refractivity contribution is 5.29. The van der Waals surface area contributed by atoms with Crippen LogP contribution < -0.4 is 5.32 Å². The fraction of sp³-hybridized carbons (Fsp3) is 0.643. The van der Waals surface area contributed by atoms with Crippen LogP contribution in [0.25, 0.3) is 0 Å². The Bertz CT molecular complexity index is 389. The monoisotopic (exact) mass is 274 g/mol. The molecule has 1 unspecified atom stereocenters. The Morgan fingerprint density at radius 2 is 1.95 bits per heavy atom. The van der Waals surface area contributed by atoms with Crippen LogP contribution in [0.3, 0.4) is 0 Å². The van der Waals surface area contributed by atoms with E-state index in [1.165, 1.54) is 12.4 Å². The van der Waals surface area contributed by atoms with Gasteiger partial charge in [-0.1, -0.05) is 20.8 Å². The van der Waals surface area contributed by atoms with Gasteiger partial charge in [-0.15, -0.1) is 0 Å². The highest BCUT2D eigenvalue weighted by Crippen LogP contribution is 2.35. The lowest BCUT2D eigenvalue weighted by atomic mass is 9.94. The number of hydrogen-bond acceptors (Lipinski definition) is 2. The van der Waals surface area contributed by atoms with Gasteiger partial charge in [0.2, 0.25) is 0 Å². The molecule has 1 heterocycles. The zero-order valence-corrected chi connectivity index (χ0v) is 11.6. The van der Waals surface area contributed by atoms with Crippen LogP contribution >= 0.6 is 0 Å². The zero-order valence-electron chi connectivity index (χ0n) is 11.6. The van der Waals surface area contributed by atoms with E-state index < -0.39 is 11.7 Å². The van der Waals surface area contributed by atoms with Crippen molar-refractivity contribution in [2.45, 2.75) is 39.3 Å². The van der Waals surface area contributed by atoms with Crippen LogP contribution in [0.15, 0.2) is 18.5 Å². The highest BCUT2D eigenvalue weighted by Gasteiger charge is 2.34. The summed E-state index contributed by atoms with van der Waals surface area (Å²) >= 11 is 0. The smallest absolute Gasteiger partial charge is 0.316 e. The fourth-order valence-electron chi connectivity index (χ4n) is 1.92. The van der Waals surface area contributed by atoms with Crippen molar-refractivity contribution in [3.63, 3.8) is 0 Å². The minimum absolute atomic E-state index is 0.162. The summed E-state index contributed by atoms with van der Waals surface area (Å²) in [4.78, 5) is 3.82. The van der Waals surface area contributed by atoms with E-state index in [9.17, 15) is 13.2 Å². The van der Waals surface area contributed by atoms with E-state index in [4.69, 9.17) is 0 Å². The normalized spacial score (nSPS) is 13.8. The van der Waals surface area contributed by atoms with Crippen molar-refractivity contribution in [3.8, 4) is 0 Å². The van der Waals surface area contributed by atoms with Crippen molar-refractivity contribution in [2.24, 2.45) is 5.92 Å². The topological polar surface area (TPSA) is 24.9 Å². The quantitative estimate of drug-likeness (QED) is 0.797. The molecule has 0 saturated heterocycles. The van der Waals surface area contributed by atoms with Gasteiger partial charge in [-0.3, -0.25) is 4.98 Å². The van der Waals surface area contributed by atoms with E-state index in [2.05, 4.69) is 24.1 Å². The summed E-state index contributed by atoms with van der Waals surface area (Å²) in [6.45, 7) is 7.60. The minimum Gasteiger partial charge on any atom is -0.316 e. The van der Waals surface area contributed by atoms with Gasteiger partial charge in [0.1, 0.15) is 0 Å². The number of pyridine rings is 1. The SMILES string of the molecule is CC(C)CNCCC(C)c1cnccc1C(F)(F)F. The number of rotatable bonds is 6. The Morgan fingerprint density at radius 3 is 2.53 bits per heavy atom. The summed E-state index contributed by atoms with van der Waals surface area (Å²) < 4.78 is 38.6. The van der Waals surface area contributed by atoms with Gasteiger partial charge < -0.3 is 5.32 Å². The van der Waals surface area contributed by atoms with Gasteiger partial charge in [0.15, 0.2) is 0 Å². The molecule has 5 heteroatoms. The Labute approximate surface area is 112 Å². The van der Waals surface area contributed by atoms with Crippen molar-refractivity contribution in [2.75, 3.05) is 13.1 Å². The first-order valence-corrected chi connectivity index (χ1v) is 6.54. The van der Waals surface area contributed by atoms with Crippen molar-refractivity contribution in [1.29, 1.82) is 0 Å². The largest absolute Gasteiger partial charge is 0.416 e. The summed E-state index contributed by atoms with van der Waals surface area (Å²) in [6.07, 6.45) is -1.12. The van der Waals surface area contributed by atoms with Crippen LogP contribution in [-0.4, -0.2) is 18.1 Å². The number of halogens is 3. The molecular weight excluding hydrogens is 253 g/mol. The lowest BCUT2D eigenvalue weighted by molar-refractivity contribution is -0.138. The van der Waals surface area contributed by atoms with Crippen LogP contribution in [0.2, 0.25) is 0 Å². The molecule has 0 aliphatic rings. The second-order valence-electron chi connectivity index (χ2n) is 5.25. The van der Waals surface area contributed by atoms with Gasteiger partial charge in [0.05, 0.1) is 5.56 Å². The van der Waals surface area contributed by atoms with E-state index >= 15 is 0 Å². The molecule has 0 bridgehead atoms. The average Bonchev–Trinajstić information content (AvgIpc) is 2.33. The standard InChI is InChI=1S/C14H21F3N2/c1-10(2)8-18-6-4-11(3)12-9-19-7-5-13(12)14(15,16)17/h5,7,9-11,18H,4,6,8H2,1-3H3. The molecule has 2 nitrogen and oxygen atoms in total. The van der Waals surface area contributed by atoms with Crippen LogP contribution in [0.5, 0.6) is 0 Å². The average molecular weight is 274 g/mol. The third-order valence-corrected chi connectivity index (χ3v) is 2.99. The molecule has 0 aliphatic heterocycles. The van der Waals surface area contributed by atoms with Crippen molar-refractivity contribution in [3.05, 3.63) is 29.6 Å². The van der Waals surface area contributed by atoms with E-state index in [1.807, 2.05) is 6.92 Å². The van der Waals surface area contributed by atoms with E-state index in [0.29, 0.717) is 18.9 Å². The second kappa shape index (κ2) is 6.89. The zero-order chi connectivity index (χ0) is 14.5. The molecule has 0 spiro atoms. The predicted octanol–water partition coefficient (Wildman–Crippen LogP) is 3.84. The molecule has 0 aliphatic carbocycles. The van der Waals surface area contributed by atoms with E-state index in [0.717, 1.165) is 12.6 Å². The summed E-state index contributed by atoms with van der Waals surface area (Å²) in [7, 11) is 0. The van der Waals surface area contributed by atoms with Gasteiger partial charge in [-0.05, 0) is 43.0 Å². The van der Waals surface area contributed by atoms with Crippen LogP contribution in [-0.2, 0) is 6.18 Å². The number of aromatic nitrogens is 1. The van der Waals surface area contributed by atoms with Gasteiger partial charge in [0.25, 0.3) is 0 Å². The number of hydrogen-bond donors (Lipinski definition) is 1. The molecule has 1 aromatic rings. The van der Waals surface area contributed by atoms with Crippen LogP contribution in [0.1, 0.15) is 44.2 Å². The Hall–Kier alpha value is -1.10. The minimum atomic E-state index is -4.31. The predicted molar refractivity (Wildman–Crippen MR) is 70.0 cm³/mol. The van der Waals surface area contributed by atoms with Gasteiger partial charge >= 0.3 is 6.18 Å². The van der Waals surface area contributed by atoms with Gasteiger partial charge in [0, 0.05) is 12.4 Å². The first kappa shape index (κ1) is 16.0. The highest BCUT2D eigenvalue weighted by atomic mass is 19.4. The second-order valence-corrected chi connectivity index (χ2v) is 5.25. The maximum atomic E-state index is 12.9. The summed E-state index contributed by atoms with van der Waals surface area (Å²) in [5.41, 5.74) is -0.291. The first-order valence-electron chi connectivity index (χ1n) is 6.54. The molecule has 1 rings (SSSR count). The molecule has 0 amide bonds. The van der Waals surface area contributed by atoms with Crippen molar-refractivity contribution < 1.29 is 13.2 Å². The molecule has 108 valence electrons. The third kappa shape index (κ3) is 5.19. The Balaban J connectivity index is 2.64. The molecule has 0 aromatic carbocycles. The maximum Gasteiger partial charge on any atom is 0.416 e. The molecule has 0 fully saturated rings. The van der Waals surface area contributed by atoms with Crippen LogP contribution in [0.4, 0.5) is 13.2 Å². The first-order chi connectivity index (χ1) is 8.82. The molecule has 0 saturated carbocycles. The van der Waals surface area contributed by atoms with Gasteiger partial charge in [-0.2, -0.15) is 13.2 Å². The van der Waals surface area contributed by atoms with E-state index in [1.54, 1.807) is 0 Å². The summed E-state index contributed by atoms with van der Waals surface area (Å²) in [6, 6.07) is 1.05. The van der Waals surface area contributed by atoms with Crippen LogP contribution in [0, 0.1) is 5.92 Å². The molecule has 0 radical (unpaired) electrons. The third-order valence-electron chi connectivity index (χ3n) is 2.99. The lowest BCUT2D eigenvalue weighted by Gasteiger charge is -2.18. The molecule has 19 heavy (non-hydrogen) atoms. The number of alkyl halides is 3. The fourth-order valence-corrected chi connectivity index (χ4v) is 1.92. The van der Waals surface area contributed by atoms with Gasteiger partial charge in [-0.25, -0.2) is 0 Å². The molecule has 1 N–H and O–H groups in total. The molecular formula is C14H21F3N2. The lowest BCUT2D eigenvalue weighted by Crippen LogP contribution is -2.22.